The van der Waals surface area contributed by atoms with Crippen LogP contribution in [0.15, 0.2) is 98.4 Å². The van der Waals surface area contributed by atoms with Gasteiger partial charge in [-0.05, 0) is 43.3 Å². The molecule has 0 saturated carbocycles. The smallest absolute Gasteiger partial charge is 0.280 e. The Morgan fingerprint density at radius 3 is 2.26 bits per heavy atom. The summed E-state index contributed by atoms with van der Waals surface area (Å²) in [6.07, 6.45) is 0. The van der Waals surface area contributed by atoms with E-state index in [9.17, 15) is 18.0 Å². The van der Waals surface area contributed by atoms with Crippen molar-refractivity contribution in [3.8, 4) is 0 Å². The number of carbonyl (C=O) groups is 2. The number of fused-ring (bicyclic) bond motifs is 2. The third kappa shape index (κ3) is 4.58. The number of aryl methyl sites for hydroxylation is 1. The summed E-state index contributed by atoms with van der Waals surface area (Å²) in [7, 11) is -3.89. The van der Waals surface area contributed by atoms with Crippen LogP contribution in [0.5, 0.6) is 0 Å². The molecule has 1 aliphatic rings. The van der Waals surface area contributed by atoms with Gasteiger partial charge in [-0.2, -0.15) is 5.01 Å². The minimum absolute atomic E-state index is 0.0469. The fourth-order valence-electron chi connectivity index (χ4n) is 3.56. The maximum absolute atomic E-state index is 13.1. The molecule has 8 nitrogen and oxygen atoms in total. The predicted molar refractivity (Wildman–Crippen MR) is 131 cm³/mol. The van der Waals surface area contributed by atoms with Gasteiger partial charge in [0.05, 0.1) is 27.1 Å². The molecule has 0 aliphatic carbocycles. The highest BCUT2D eigenvalue weighted by atomic mass is 32.2. The zero-order chi connectivity index (χ0) is 24.6. The Morgan fingerprint density at radius 1 is 0.971 bits per heavy atom. The standard InChI is InChI=1S/C25H19N3O5S2/c1-16-10-12-18(13-11-16)35(31,32)15-17(14-34-25-26-21-8-4-5-9-22(21)33-25)27-28-23(29)19-6-2-3-7-20(19)24(28)30/h2-13,15,27H,14H2,1H3/b17-15+. The maximum atomic E-state index is 13.1. The number of carbonyl (C=O) groups excluding carboxylic acids is 2. The Bertz CT molecular complexity index is 1520. The fraction of sp³-hybridized carbons (Fsp3) is 0.0800. The van der Waals surface area contributed by atoms with Gasteiger partial charge in [-0.25, -0.2) is 13.4 Å². The molecule has 35 heavy (non-hydrogen) atoms. The van der Waals surface area contributed by atoms with Crippen LogP contribution < -0.4 is 5.43 Å². The molecular weight excluding hydrogens is 486 g/mol. The van der Waals surface area contributed by atoms with Gasteiger partial charge in [0.2, 0.25) is 9.84 Å². The minimum atomic E-state index is -3.89. The topological polar surface area (TPSA) is 110 Å². The number of hydrazine groups is 1. The second-order valence-electron chi connectivity index (χ2n) is 7.84. The number of amides is 2. The third-order valence-corrected chi connectivity index (χ3v) is 7.72. The molecular formula is C25H19N3O5S2. The van der Waals surface area contributed by atoms with Crippen molar-refractivity contribution in [2.45, 2.75) is 17.0 Å². The van der Waals surface area contributed by atoms with Crippen molar-refractivity contribution in [2.75, 3.05) is 5.75 Å². The highest BCUT2D eigenvalue weighted by molar-refractivity contribution is 7.99. The monoisotopic (exact) mass is 505 g/mol. The Kier molecular flexibility index (Phi) is 5.91. The van der Waals surface area contributed by atoms with Gasteiger partial charge in [-0.1, -0.05) is 53.7 Å². The van der Waals surface area contributed by atoms with Crippen LogP contribution in [0.4, 0.5) is 0 Å². The van der Waals surface area contributed by atoms with E-state index in [4.69, 9.17) is 4.42 Å². The molecule has 0 fully saturated rings. The molecule has 1 N–H and O–H groups in total. The number of rotatable bonds is 7. The summed E-state index contributed by atoms with van der Waals surface area (Å²) < 4.78 is 31.9. The molecule has 2 amide bonds. The lowest BCUT2D eigenvalue weighted by Crippen LogP contribution is -2.42. The Balaban J connectivity index is 1.46. The van der Waals surface area contributed by atoms with Crippen LogP contribution in [0.1, 0.15) is 26.3 Å². The molecule has 0 spiro atoms. The van der Waals surface area contributed by atoms with E-state index in [1.807, 2.05) is 19.1 Å². The number of para-hydroxylation sites is 2. The van der Waals surface area contributed by atoms with Crippen molar-refractivity contribution in [3.05, 3.63) is 101 Å². The Morgan fingerprint density at radius 2 is 1.60 bits per heavy atom. The summed E-state index contributed by atoms with van der Waals surface area (Å²) in [4.78, 5) is 30.2. The number of thioether (sulfide) groups is 1. The first-order chi connectivity index (χ1) is 16.8. The van der Waals surface area contributed by atoms with E-state index in [0.717, 1.165) is 27.7 Å². The molecule has 1 aromatic heterocycles. The molecule has 5 rings (SSSR count). The SMILES string of the molecule is Cc1ccc(S(=O)(=O)/C=C(\CSc2nc3ccccc3o2)NN2C(=O)c3ccccc3C2=O)cc1. The van der Waals surface area contributed by atoms with Crippen molar-refractivity contribution >= 4 is 44.5 Å². The molecule has 0 bridgehead atoms. The van der Waals surface area contributed by atoms with E-state index < -0.39 is 21.7 Å². The van der Waals surface area contributed by atoms with Crippen LogP contribution in [-0.4, -0.2) is 36.0 Å². The predicted octanol–water partition coefficient (Wildman–Crippen LogP) is 4.34. The summed E-state index contributed by atoms with van der Waals surface area (Å²) in [6.45, 7) is 1.86. The van der Waals surface area contributed by atoms with Gasteiger partial charge in [-0.15, -0.1) is 0 Å². The average Bonchev–Trinajstić information content (AvgIpc) is 3.37. The number of aromatic nitrogens is 1. The number of hydrogen-bond donors (Lipinski definition) is 1. The highest BCUT2D eigenvalue weighted by Crippen LogP contribution is 2.27. The lowest BCUT2D eigenvalue weighted by atomic mass is 10.1. The zero-order valence-electron chi connectivity index (χ0n) is 18.5. The van der Waals surface area contributed by atoms with E-state index >= 15 is 0 Å². The number of sulfone groups is 1. The van der Waals surface area contributed by atoms with Gasteiger partial charge in [0.1, 0.15) is 5.52 Å². The lowest BCUT2D eigenvalue weighted by Gasteiger charge is -2.18. The quantitative estimate of drug-likeness (QED) is 0.292. The molecule has 0 unspecified atom stereocenters. The number of benzene rings is 3. The molecule has 176 valence electrons. The molecule has 2 heterocycles. The number of oxazole rings is 1. The number of nitrogens with one attached hydrogen (secondary N) is 1. The van der Waals surface area contributed by atoms with Crippen molar-refractivity contribution in [2.24, 2.45) is 0 Å². The number of hydrogen-bond acceptors (Lipinski definition) is 8. The van der Waals surface area contributed by atoms with Crippen LogP contribution in [0, 0.1) is 6.92 Å². The van der Waals surface area contributed by atoms with Crippen molar-refractivity contribution in [1.29, 1.82) is 0 Å². The van der Waals surface area contributed by atoms with E-state index in [-0.39, 0.29) is 27.5 Å². The van der Waals surface area contributed by atoms with Crippen molar-refractivity contribution in [3.63, 3.8) is 0 Å². The number of imide groups is 1. The fourth-order valence-corrected chi connectivity index (χ4v) is 5.57. The summed E-state index contributed by atoms with van der Waals surface area (Å²) >= 11 is 1.14. The van der Waals surface area contributed by atoms with Crippen LogP contribution in [0.25, 0.3) is 11.1 Å². The molecule has 1 aliphatic heterocycles. The van der Waals surface area contributed by atoms with Crippen LogP contribution >= 0.6 is 11.8 Å². The molecule has 0 saturated heterocycles. The minimum Gasteiger partial charge on any atom is -0.431 e. The van der Waals surface area contributed by atoms with Crippen molar-refractivity contribution in [1.82, 2.24) is 15.4 Å². The Labute approximate surface area is 205 Å². The second-order valence-corrected chi connectivity index (χ2v) is 10.6. The second kappa shape index (κ2) is 9.05. The molecule has 4 aromatic rings. The molecule has 0 atom stereocenters. The van der Waals surface area contributed by atoms with Crippen LogP contribution in [-0.2, 0) is 9.84 Å². The lowest BCUT2D eigenvalue weighted by molar-refractivity contribution is 0.0591. The summed E-state index contributed by atoms with van der Waals surface area (Å²) in [5.74, 6) is -1.07. The molecule has 3 aromatic carbocycles. The molecule has 10 heteroatoms. The maximum Gasteiger partial charge on any atom is 0.280 e. The van der Waals surface area contributed by atoms with E-state index in [2.05, 4.69) is 10.4 Å². The van der Waals surface area contributed by atoms with Gasteiger partial charge in [0.15, 0.2) is 5.58 Å². The molecule has 0 radical (unpaired) electrons. The largest absolute Gasteiger partial charge is 0.431 e. The van der Waals surface area contributed by atoms with Crippen LogP contribution in [0.2, 0.25) is 0 Å². The Hall–Kier alpha value is -3.89. The van der Waals surface area contributed by atoms with Crippen LogP contribution in [0.3, 0.4) is 0 Å². The van der Waals surface area contributed by atoms with Crippen molar-refractivity contribution < 1.29 is 22.4 Å². The van der Waals surface area contributed by atoms with E-state index in [0.29, 0.717) is 16.3 Å². The van der Waals surface area contributed by atoms with E-state index in [1.54, 1.807) is 48.5 Å². The summed E-state index contributed by atoms with van der Waals surface area (Å²) in [5, 5.41) is 2.18. The van der Waals surface area contributed by atoms with Gasteiger partial charge >= 0.3 is 0 Å². The third-order valence-electron chi connectivity index (χ3n) is 5.32. The highest BCUT2D eigenvalue weighted by Gasteiger charge is 2.36. The first-order valence-electron chi connectivity index (χ1n) is 10.6. The summed E-state index contributed by atoms with van der Waals surface area (Å²) in [6, 6.07) is 20.1. The van der Waals surface area contributed by atoms with Gasteiger partial charge in [-0.3, -0.25) is 15.0 Å². The van der Waals surface area contributed by atoms with Gasteiger partial charge < -0.3 is 4.42 Å². The number of nitrogens with zero attached hydrogens (tertiary/aromatic N) is 2. The van der Waals surface area contributed by atoms with Gasteiger partial charge in [0.25, 0.3) is 17.0 Å². The normalized spacial score (nSPS) is 14.0. The summed E-state index contributed by atoms with van der Waals surface area (Å²) in [5.41, 5.74) is 5.53. The average molecular weight is 506 g/mol. The first kappa shape index (κ1) is 22.9. The van der Waals surface area contributed by atoms with Gasteiger partial charge in [0, 0.05) is 5.75 Å². The first-order valence-corrected chi connectivity index (χ1v) is 13.1. The van der Waals surface area contributed by atoms with E-state index in [1.165, 1.54) is 12.1 Å². The zero-order valence-corrected chi connectivity index (χ0v) is 20.1.